The van der Waals surface area contributed by atoms with Crippen molar-refractivity contribution in [3.05, 3.63) is 0 Å². The Balaban J connectivity index is 0.00000162. The molecule has 0 aromatic rings. The summed E-state index contributed by atoms with van der Waals surface area (Å²) in [4.78, 5) is 4.94. The van der Waals surface area contributed by atoms with Crippen LogP contribution < -0.4 is 5.32 Å². The second kappa shape index (κ2) is 6.06. The summed E-state index contributed by atoms with van der Waals surface area (Å²) in [5.41, 5.74) is -0.0102. The maximum atomic E-state index is 5.92. The number of likely N-dealkylation sites (N-methyl/N-ethyl adjacent to an activating group) is 1. The van der Waals surface area contributed by atoms with E-state index >= 15 is 0 Å². The van der Waals surface area contributed by atoms with Gasteiger partial charge in [0.2, 0.25) is 0 Å². The van der Waals surface area contributed by atoms with Gasteiger partial charge in [0.05, 0.1) is 6.61 Å². The molecule has 2 aliphatic heterocycles. The van der Waals surface area contributed by atoms with Crippen LogP contribution in [-0.4, -0.2) is 67.4 Å². The molecule has 0 amide bonds. The van der Waals surface area contributed by atoms with E-state index < -0.39 is 0 Å². The van der Waals surface area contributed by atoms with Crippen molar-refractivity contribution in [3.63, 3.8) is 0 Å². The van der Waals surface area contributed by atoms with Crippen LogP contribution in [0, 0.1) is 0 Å². The molecule has 1 N–H and O–H groups in total. The first-order valence-corrected chi connectivity index (χ1v) is 6.73. The summed E-state index contributed by atoms with van der Waals surface area (Å²) in [6.07, 6.45) is 1.07. The van der Waals surface area contributed by atoms with Crippen LogP contribution in [0.4, 0.5) is 0 Å². The Labute approximate surface area is 117 Å². The van der Waals surface area contributed by atoms with Crippen LogP contribution in [0.25, 0.3) is 0 Å². The number of nitrogens with one attached hydrogen (secondary N) is 1. The van der Waals surface area contributed by atoms with Crippen molar-refractivity contribution in [2.45, 2.75) is 38.5 Å². The minimum Gasteiger partial charge on any atom is -0.359 e. The Kier molecular flexibility index (Phi) is 5.44. The molecule has 4 nitrogen and oxygen atoms in total. The summed E-state index contributed by atoms with van der Waals surface area (Å²) < 4.78 is 5.92. The third-order valence-corrected chi connectivity index (χ3v) is 3.86. The third-order valence-electron chi connectivity index (χ3n) is 3.86. The Morgan fingerprint density at radius 3 is 2.22 bits per heavy atom. The maximum Gasteiger partial charge on any atom is 0.118 e. The molecule has 2 saturated heterocycles. The van der Waals surface area contributed by atoms with Gasteiger partial charge >= 0.3 is 0 Å². The highest BCUT2D eigenvalue weighted by molar-refractivity contribution is 5.85. The van der Waals surface area contributed by atoms with Crippen molar-refractivity contribution in [1.82, 2.24) is 15.1 Å². The largest absolute Gasteiger partial charge is 0.359 e. The van der Waals surface area contributed by atoms with E-state index in [1.165, 1.54) is 26.2 Å². The Morgan fingerprint density at radius 2 is 1.72 bits per heavy atom. The predicted molar refractivity (Wildman–Crippen MR) is 77.4 cm³/mol. The SMILES string of the molecule is CN1CCN(CCC2(C)NC(C)(C)CO2)CC1.Cl. The van der Waals surface area contributed by atoms with Crippen LogP contribution in [-0.2, 0) is 4.74 Å². The summed E-state index contributed by atoms with van der Waals surface area (Å²) in [6, 6.07) is 0. The Morgan fingerprint density at radius 1 is 1.11 bits per heavy atom. The van der Waals surface area contributed by atoms with Gasteiger partial charge in [0.1, 0.15) is 5.72 Å². The molecule has 0 spiro atoms. The highest BCUT2D eigenvalue weighted by atomic mass is 35.5. The van der Waals surface area contributed by atoms with Crippen LogP contribution in [0.1, 0.15) is 27.2 Å². The minimum absolute atomic E-state index is 0. The lowest BCUT2D eigenvalue weighted by molar-refractivity contribution is -0.0107. The zero-order chi connectivity index (χ0) is 12.5. The molecular weight excluding hydrogens is 250 g/mol. The molecule has 5 heteroatoms. The number of rotatable bonds is 3. The lowest BCUT2D eigenvalue weighted by Gasteiger charge is -2.35. The Hall–Kier alpha value is 0.130. The van der Waals surface area contributed by atoms with E-state index in [0.29, 0.717) is 0 Å². The quantitative estimate of drug-likeness (QED) is 0.838. The molecule has 18 heavy (non-hydrogen) atoms. The number of nitrogens with zero attached hydrogens (tertiary/aromatic N) is 2. The fourth-order valence-electron chi connectivity index (χ4n) is 2.71. The molecule has 0 aliphatic carbocycles. The van der Waals surface area contributed by atoms with Crippen LogP contribution in [0.15, 0.2) is 0 Å². The van der Waals surface area contributed by atoms with Crippen molar-refractivity contribution in [3.8, 4) is 0 Å². The van der Waals surface area contributed by atoms with E-state index in [9.17, 15) is 0 Å². The molecule has 0 radical (unpaired) electrons. The molecule has 0 aromatic carbocycles. The van der Waals surface area contributed by atoms with E-state index in [2.05, 4.69) is 42.9 Å². The fourth-order valence-corrected chi connectivity index (χ4v) is 2.71. The van der Waals surface area contributed by atoms with Crippen molar-refractivity contribution >= 4 is 12.4 Å². The molecule has 2 aliphatic rings. The van der Waals surface area contributed by atoms with Gasteiger partial charge in [0.15, 0.2) is 0 Å². The first kappa shape index (κ1) is 16.2. The normalized spacial score (nSPS) is 33.3. The standard InChI is InChI=1S/C13H27N3O.ClH/c1-12(2)11-17-13(3,14-12)5-6-16-9-7-15(4)8-10-16;/h14H,5-11H2,1-4H3;1H. The van der Waals surface area contributed by atoms with Crippen molar-refractivity contribution in [2.75, 3.05) is 46.4 Å². The Bertz CT molecular complexity index is 267. The summed E-state index contributed by atoms with van der Waals surface area (Å²) in [7, 11) is 2.20. The van der Waals surface area contributed by atoms with Gasteiger partial charge in [-0.2, -0.15) is 0 Å². The summed E-state index contributed by atoms with van der Waals surface area (Å²) in [5.74, 6) is 0. The van der Waals surface area contributed by atoms with Crippen molar-refractivity contribution in [2.24, 2.45) is 0 Å². The molecule has 2 heterocycles. The number of ether oxygens (including phenoxy) is 1. The average Bonchev–Trinajstić information content (AvgIpc) is 2.53. The van der Waals surface area contributed by atoms with E-state index in [-0.39, 0.29) is 23.7 Å². The molecule has 1 unspecified atom stereocenters. The van der Waals surface area contributed by atoms with E-state index in [4.69, 9.17) is 4.74 Å². The van der Waals surface area contributed by atoms with Gasteiger partial charge in [-0.15, -0.1) is 12.4 Å². The zero-order valence-electron chi connectivity index (χ0n) is 12.2. The summed E-state index contributed by atoms with van der Waals surface area (Å²) >= 11 is 0. The van der Waals surface area contributed by atoms with Gasteiger partial charge in [-0.25, -0.2) is 0 Å². The van der Waals surface area contributed by atoms with Crippen LogP contribution in [0.3, 0.4) is 0 Å². The van der Waals surface area contributed by atoms with Crippen LogP contribution >= 0.6 is 12.4 Å². The lowest BCUT2D eigenvalue weighted by Crippen LogP contribution is -2.50. The first-order chi connectivity index (χ1) is 7.89. The predicted octanol–water partition coefficient (Wildman–Crippen LogP) is 1.16. The van der Waals surface area contributed by atoms with E-state index in [1.54, 1.807) is 0 Å². The second-order valence-electron chi connectivity index (χ2n) is 6.42. The van der Waals surface area contributed by atoms with Gasteiger partial charge in [-0.05, 0) is 27.8 Å². The number of piperazine rings is 1. The van der Waals surface area contributed by atoms with Gasteiger partial charge < -0.3 is 14.5 Å². The molecule has 108 valence electrons. The van der Waals surface area contributed by atoms with Crippen LogP contribution in [0.5, 0.6) is 0 Å². The van der Waals surface area contributed by atoms with Gasteiger partial charge in [0.25, 0.3) is 0 Å². The van der Waals surface area contributed by atoms with Gasteiger partial charge in [-0.3, -0.25) is 5.32 Å². The summed E-state index contributed by atoms with van der Waals surface area (Å²) in [6.45, 7) is 13.3. The highest BCUT2D eigenvalue weighted by Gasteiger charge is 2.39. The van der Waals surface area contributed by atoms with Crippen molar-refractivity contribution in [1.29, 1.82) is 0 Å². The molecule has 2 fully saturated rings. The molecule has 1 atom stereocenters. The number of halogens is 1. The highest BCUT2D eigenvalue weighted by Crippen LogP contribution is 2.25. The number of hydrogen-bond acceptors (Lipinski definition) is 4. The molecule has 2 rings (SSSR count). The first-order valence-electron chi connectivity index (χ1n) is 6.73. The summed E-state index contributed by atoms with van der Waals surface area (Å²) in [5, 5.41) is 3.60. The molecule has 0 aromatic heterocycles. The topological polar surface area (TPSA) is 27.7 Å². The van der Waals surface area contributed by atoms with Gasteiger partial charge in [-0.1, -0.05) is 0 Å². The third kappa shape index (κ3) is 4.35. The molecular formula is C13H28ClN3O. The monoisotopic (exact) mass is 277 g/mol. The average molecular weight is 278 g/mol. The number of hydrogen-bond donors (Lipinski definition) is 1. The molecule has 0 saturated carbocycles. The second-order valence-corrected chi connectivity index (χ2v) is 6.42. The fraction of sp³-hybridized carbons (Fsp3) is 1.00. The van der Waals surface area contributed by atoms with E-state index in [0.717, 1.165) is 19.6 Å². The minimum atomic E-state index is -0.132. The van der Waals surface area contributed by atoms with E-state index in [1.807, 2.05) is 0 Å². The zero-order valence-corrected chi connectivity index (χ0v) is 13.0. The van der Waals surface area contributed by atoms with Crippen LogP contribution in [0.2, 0.25) is 0 Å². The lowest BCUT2D eigenvalue weighted by atomic mass is 10.1. The van der Waals surface area contributed by atoms with Crippen molar-refractivity contribution < 1.29 is 4.74 Å². The van der Waals surface area contributed by atoms with Gasteiger partial charge in [0, 0.05) is 44.7 Å². The molecule has 0 bridgehead atoms. The smallest absolute Gasteiger partial charge is 0.118 e. The maximum absolute atomic E-state index is 5.92.